The molecule has 2 rings (SSSR count). The third kappa shape index (κ3) is 3.76. The number of methoxy groups -OCH3 is 1. The minimum absolute atomic E-state index is 0.335. The molecule has 0 amide bonds. The average Bonchev–Trinajstić information content (AvgIpc) is 3.01. The zero-order valence-corrected chi connectivity index (χ0v) is 10.3. The van der Waals surface area contributed by atoms with Gasteiger partial charge < -0.3 is 14.4 Å². The zero-order chi connectivity index (χ0) is 12.3. The lowest BCUT2D eigenvalue weighted by molar-refractivity contribution is 0.0400. The van der Waals surface area contributed by atoms with Crippen molar-refractivity contribution in [3.8, 4) is 0 Å². The molecule has 0 saturated heterocycles. The van der Waals surface area contributed by atoms with Gasteiger partial charge in [-0.25, -0.2) is 0 Å². The molecule has 6 nitrogen and oxygen atoms in total. The summed E-state index contributed by atoms with van der Waals surface area (Å²) in [5.41, 5.74) is 0. The van der Waals surface area contributed by atoms with E-state index in [-0.39, 0.29) is 0 Å². The van der Waals surface area contributed by atoms with Crippen LogP contribution in [-0.2, 0) is 11.3 Å². The number of aliphatic hydroxyl groups is 1. The van der Waals surface area contributed by atoms with Crippen LogP contribution in [-0.4, -0.2) is 53.6 Å². The second-order valence-electron chi connectivity index (χ2n) is 4.63. The Hall–Kier alpha value is -0.980. The van der Waals surface area contributed by atoms with Crippen molar-refractivity contribution in [2.45, 2.75) is 31.4 Å². The Morgan fingerprint density at radius 2 is 2.35 bits per heavy atom. The van der Waals surface area contributed by atoms with Crippen LogP contribution in [0.2, 0.25) is 0 Å². The van der Waals surface area contributed by atoms with E-state index in [1.165, 1.54) is 12.8 Å². The van der Waals surface area contributed by atoms with E-state index in [4.69, 9.17) is 9.26 Å². The molecule has 1 fully saturated rings. The van der Waals surface area contributed by atoms with Crippen LogP contribution in [0.3, 0.4) is 0 Å². The highest BCUT2D eigenvalue weighted by Crippen LogP contribution is 2.38. The van der Waals surface area contributed by atoms with Gasteiger partial charge in [-0.3, -0.25) is 4.90 Å². The molecule has 0 spiro atoms. The van der Waals surface area contributed by atoms with E-state index in [9.17, 15) is 5.11 Å². The highest BCUT2D eigenvalue weighted by Gasteiger charge is 2.28. The van der Waals surface area contributed by atoms with Crippen molar-refractivity contribution in [1.29, 1.82) is 0 Å². The van der Waals surface area contributed by atoms with E-state index in [0.29, 0.717) is 31.5 Å². The van der Waals surface area contributed by atoms with E-state index in [1.54, 1.807) is 7.11 Å². The Bertz CT molecular complexity index is 351. The standard InChI is InChI=1S/C11H19N3O3/c1-14(5-9(15)7-16-2)6-10-12-11(13-17-10)8-3-4-8/h8-9,15H,3-7H2,1-2H3. The number of ether oxygens (including phenoxy) is 1. The van der Waals surface area contributed by atoms with Crippen molar-refractivity contribution in [2.75, 3.05) is 27.3 Å². The van der Waals surface area contributed by atoms with Crippen LogP contribution in [0.4, 0.5) is 0 Å². The monoisotopic (exact) mass is 241 g/mol. The number of rotatable bonds is 7. The van der Waals surface area contributed by atoms with Gasteiger partial charge in [-0.2, -0.15) is 4.98 Å². The molecule has 0 aromatic carbocycles. The Balaban J connectivity index is 1.78. The molecule has 17 heavy (non-hydrogen) atoms. The summed E-state index contributed by atoms with van der Waals surface area (Å²) in [4.78, 5) is 6.27. The molecule has 1 aromatic heterocycles. The number of hydrogen-bond donors (Lipinski definition) is 1. The molecule has 1 aromatic rings. The minimum Gasteiger partial charge on any atom is -0.389 e. The maximum absolute atomic E-state index is 9.57. The molecule has 1 heterocycles. The lowest BCUT2D eigenvalue weighted by Crippen LogP contribution is -2.31. The molecule has 0 radical (unpaired) electrons. The van der Waals surface area contributed by atoms with Gasteiger partial charge in [0, 0.05) is 19.6 Å². The molecule has 96 valence electrons. The Morgan fingerprint density at radius 1 is 1.59 bits per heavy atom. The summed E-state index contributed by atoms with van der Waals surface area (Å²) in [7, 11) is 3.48. The summed E-state index contributed by atoms with van der Waals surface area (Å²) in [6.45, 7) is 1.41. The summed E-state index contributed by atoms with van der Waals surface area (Å²) >= 11 is 0. The van der Waals surface area contributed by atoms with Gasteiger partial charge in [0.15, 0.2) is 5.82 Å². The molecule has 1 aliphatic rings. The van der Waals surface area contributed by atoms with Crippen molar-refractivity contribution in [3.05, 3.63) is 11.7 Å². The van der Waals surface area contributed by atoms with Gasteiger partial charge in [-0.05, 0) is 19.9 Å². The number of aromatic nitrogens is 2. The summed E-state index contributed by atoms with van der Waals surface area (Å²) in [6, 6.07) is 0. The van der Waals surface area contributed by atoms with Gasteiger partial charge in [0.2, 0.25) is 5.89 Å². The Labute approximate surface area is 101 Å². The summed E-state index contributed by atoms with van der Waals surface area (Å²) in [6.07, 6.45) is 1.85. The molecular weight excluding hydrogens is 222 g/mol. The van der Waals surface area contributed by atoms with E-state index in [1.807, 2.05) is 11.9 Å². The lowest BCUT2D eigenvalue weighted by atomic mass is 10.3. The summed E-state index contributed by atoms with van der Waals surface area (Å²) < 4.78 is 10.0. The zero-order valence-electron chi connectivity index (χ0n) is 10.3. The maximum atomic E-state index is 9.57. The van der Waals surface area contributed by atoms with Crippen molar-refractivity contribution < 1.29 is 14.4 Å². The second kappa shape index (κ2) is 5.57. The van der Waals surface area contributed by atoms with Crippen LogP contribution in [0.15, 0.2) is 4.52 Å². The maximum Gasteiger partial charge on any atom is 0.240 e. The topological polar surface area (TPSA) is 71.6 Å². The smallest absolute Gasteiger partial charge is 0.240 e. The van der Waals surface area contributed by atoms with E-state index < -0.39 is 6.10 Å². The van der Waals surface area contributed by atoms with Gasteiger partial charge in [-0.15, -0.1) is 0 Å². The summed E-state index contributed by atoms with van der Waals surface area (Å²) in [5.74, 6) is 1.95. The second-order valence-corrected chi connectivity index (χ2v) is 4.63. The molecule has 1 aliphatic carbocycles. The molecule has 1 saturated carbocycles. The van der Waals surface area contributed by atoms with Crippen LogP contribution < -0.4 is 0 Å². The van der Waals surface area contributed by atoms with Crippen LogP contribution in [0.25, 0.3) is 0 Å². The van der Waals surface area contributed by atoms with Gasteiger partial charge in [0.1, 0.15) is 0 Å². The van der Waals surface area contributed by atoms with Crippen LogP contribution >= 0.6 is 0 Å². The Morgan fingerprint density at radius 3 is 3.00 bits per heavy atom. The van der Waals surface area contributed by atoms with Crippen molar-refractivity contribution in [3.63, 3.8) is 0 Å². The largest absolute Gasteiger partial charge is 0.389 e. The predicted molar refractivity (Wildman–Crippen MR) is 60.5 cm³/mol. The summed E-state index contributed by atoms with van der Waals surface area (Å²) in [5, 5.41) is 13.5. The molecule has 0 bridgehead atoms. The first-order valence-corrected chi connectivity index (χ1v) is 5.87. The fraction of sp³-hybridized carbons (Fsp3) is 0.818. The third-order valence-corrected chi connectivity index (χ3v) is 2.71. The molecule has 1 atom stereocenters. The van der Waals surface area contributed by atoms with Crippen LogP contribution in [0, 0.1) is 0 Å². The first kappa shape index (κ1) is 12.5. The van der Waals surface area contributed by atoms with Gasteiger partial charge in [0.05, 0.1) is 19.3 Å². The van der Waals surface area contributed by atoms with Crippen molar-refractivity contribution in [1.82, 2.24) is 15.0 Å². The molecule has 6 heteroatoms. The number of likely N-dealkylation sites (N-methyl/N-ethyl adjacent to an activating group) is 1. The highest BCUT2D eigenvalue weighted by atomic mass is 16.5. The third-order valence-electron chi connectivity index (χ3n) is 2.71. The normalized spacial score (nSPS) is 17.6. The van der Waals surface area contributed by atoms with E-state index >= 15 is 0 Å². The Kier molecular flexibility index (Phi) is 4.09. The first-order chi connectivity index (χ1) is 8.19. The number of aliphatic hydroxyl groups excluding tert-OH is 1. The van der Waals surface area contributed by atoms with E-state index in [2.05, 4.69) is 10.1 Å². The van der Waals surface area contributed by atoms with Crippen molar-refractivity contribution >= 4 is 0 Å². The van der Waals surface area contributed by atoms with Gasteiger partial charge >= 0.3 is 0 Å². The minimum atomic E-state index is -0.490. The number of hydrogen-bond acceptors (Lipinski definition) is 6. The molecular formula is C11H19N3O3. The van der Waals surface area contributed by atoms with Crippen LogP contribution in [0.1, 0.15) is 30.5 Å². The average molecular weight is 241 g/mol. The molecule has 1 unspecified atom stereocenters. The van der Waals surface area contributed by atoms with Gasteiger partial charge in [-0.1, -0.05) is 5.16 Å². The quantitative estimate of drug-likeness (QED) is 0.744. The molecule has 1 N–H and O–H groups in total. The van der Waals surface area contributed by atoms with E-state index in [0.717, 1.165) is 5.82 Å². The predicted octanol–water partition coefficient (Wildman–Crippen LogP) is 0.386. The van der Waals surface area contributed by atoms with Gasteiger partial charge in [0.25, 0.3) is 0 Å². The molecule has 0 aliphatic heterocycles. The van der Waals surface area contributed by atoms with Crippen LogP contribution in [0.5, 0.6) is 0 Å². The van der Waals surface area contributed by atoms with Crippen molar-refractivity contribution in [2.24, 2.45) is 0 Å². The SMILES string of the molecule is COCC(O)CN(C)Cc1nc(C2CC2)no1. The fourth-order valence-electron chi connectivity index (χ4n) is 1.74. The first-order valence-electron chi connectivity index (χ1n) is 5.87. The highest BCUT2D eigenvalue weighted by molar-refractivity contribution is 5.03. The fourth-order valence-corrected chi connectivity index (χ4v) is 1.74. The number of nitrogens with zero attached hydrogens (tertiary/aromatic N) is 3. The lowest BCUT2D eigenvalue weighted by Gasteiger charge is -2.17.